The van der Waals surface area contributed by atoms with Gasteiger partial charge in [-0.3, -0.25) is 4.79 Å². The highest BCUT2D eigenvalue weighted by atomic mass is 16.5. The van der Waals surface area contributed by atoms with E-state index in [1.165, 1.54) is 0 Å². The molecule has 0 aromatic heterocycles. The van der Waals surface area contributed by atoms with Crippen molar-refractivity contribution in [1.29, 1.82) is 0 Å². The molecule has 1 amide bonds. The topological polar surface area (TPSA) is 55.6 Å². The van der Waals surface area contributed by atoms with Gasteiger partial charge in [-0.15, -0.1) is 0 Å². The largest absolute Gasteiger partial charge is 0.398 e. The highest BCUT2D eigenvalue weighted by Crippen LogP contribution is 2.19. The number of anilines is 1. The maximum Gasteiger partial charge on any atom is 0.254 e. The van der Waals surface area contributed by atoms with E-state index in [1.807, 2.05) is 36.9 Å². The number of hydrogen-bond donors (Lipinski definition) is 1. The van der Waals surface area contributed by atoms with Gasteiger partial charge in [0.1, 0.15) is 0 Å². The van der Waals surface area contributed by atoms with Crippen LogP contribution in [-0.4, -0.2) is 36.6 Å². The second kappa shape index (κ2) is 4.75. The number of benzene rings is 1. The van der Waals surface area contributed by atoms with Gasteiger partial charge in [0.2, 0.25) is 0 Å². The van der Waals surface area contributed by atoms with E-state index < -0.39 is 0 Å². The molecule has 0 radical (unpaired) electrons. The van der Waals surface area contributed by atoms with Crippen molar-refractivity contribution in [3.8, 4) is 0 Å². The summed E-state index contributed by atoms with van der Waals surface area (Å²) in [5.74, 6) is 0.0469. The molecule has 0 bridgehead atoms. The number of nitrogens with two attached hydrogens (primary N) is 1. The molecule has 1 aliphatic rings. The Hall–Kier alpha value is -1.55. The number of rotatable bonds is 1. The Balaban J connectivity index is 2.27. The van der Waals surface area contributed by atoms with Gasteiger partial charge in [-0.25, -0.2) is 0 Å². The van der Waals surface area contributed by atoms with Crippen molar-refractivity contribution in [2.45, 2.75) is 19.9 Å². The zero-order valence-corrected chi connectivity index (χ0v) is 10.3. The quantitative estimate of drug-likeness (QED) is 0.748. The molecule has 2 rings (SSSR count). The average molecular weight is 234 g/mol. The molecular weight excluding hydrogens is 216 g/mol. The molecule has 1 aromatic carbocycles. The van der Waals surface area contributed by atoms with Crippen LogP contribution in [0.15, 0.2) is 18.2 Å². The van der Waals surface area contributed by atoms with E-state index in [0.717, 1.165) is 5.56 Å². The molecule has 1 atom stereocenters. The number of morpholine rings is 1. The molecule has 1 aliphatic heterocycles. The maximum atomic E-state index is 12.4. The SMILES string of the molecule is Cc1c(N)cccc1C(=O)N1CCOC[C@H]1C. The first kappa shape index (κ1) is 11.9. The highest BCUT2D eigenvalue weighted by Gasteiger charge is 2.25. The van der Waals surface area contributed by atoms with Crippen molar-refractivity contribution >= 4 is 11.6 Å². The van der Waals surface area contributed by atoms with Crippen LogP contribution in [0.4, 0.5) is 5.69 Å². The predicted octanol–water partition coefficient (Wildman–Crippen LogP) is 1.44. The second-order valence-corrected chi connectivity index (χ2v) is 4.44. The van der Waals surface area contributed by atoms with Gasteiger partial charge in [0.25, 0.3) is 5.91 Å². The number of nitrogens with zero attached hydrogens (tertiary/aromatic N) is 1. The lowest BCUT2D eigenvalue weighted by Gasteiger charge is -2.33. The number of nitrogen functional groups attached to an aromatic ring is 1. The predicted molar refractivity (Wildman–Crippen MR) is 66.9 cm³/mol. The molecule has 2 N–H and O–H groups in total. The van der Waals surface area contributed by atoms with Crippen LogP contribution in [0, 0.1) is 6.92 Å². The third kappa shape index (κ3) is 2.26. The summed E-state index contributed by atoms with van der Waals surface area (Å²) in [5, 5.41) is 0. The molecule has 4 heteroatoms. The number of amides is 1. The van der Waals surface area contributed by atoms with E-state index in [1.54, 1.807) is 0 Å². The van der Waals surface area contributed by atoms with E-state index in [4.69, 9.17) is 10.5 Å². The third-order valence-electron chi connectivity index (χ3n) is 3.23. The monoisotopic (exact) mass is 234 g/mol. The minimum absolute atomic E-state index is 0.0469. The minimum atomic E-state index is 0.0469. The van der Waals surface area contributed by atoms with Crippen molar-refractivity contribution in [3.63, 3.8) is 0 Å². The molecule has 17 heavy (non-hydrogen) atoms. The van der Waals surface area contributed by atoms with Crippen molar-refractivity contribution in [2.24, 2.45) is 0 Å². The summed E-state index contributed by atoms with van der Waals surface area (Å²) in [4.78, 5) is 14.3. The van der Waals surface area contributed by atoms with Crippen LogP contribution in [0.25, 0.3) is 0 Å². The van der Waals surface area contributed by atoms with Crippen LogP contribution < -0.4 is 5.73 Å². The Kier molecular flexibility index (Phi) is 3.33. The number of carbonyl (C=O) groups is 1. The van der Waals surface area contributed by atoms with E-state index in [2.05, 4.69) is 0 Å². The lowest BCUT2D eigenvalue weighted by atomic mass is 10.0. The molecule has 0 aliphatic carbocycles. The summed E-state index contributed by atoms with van der Waals surface area (Å²) in [5.41, 5.74) is 8.04. The third-order valence-corrected chi connectivity index (χ3v) is 3.23. The molecule has 92 valence electrons. The molecule has 1 saturated heterocycles. The summed E-state index contributed by atoms with van der Waals surface area (Å²) < 4.78 is 5.33. The van der Waals surface area contributed by atoms with Gasteiger partial charge in [0.15, 0.2) is 0 Å². The van der Waals surface area contributed by atoms with Crippen molar-refractivity contribution in [3.05, 3.63) is 29.3 Å². The summed E-state index contributed by atoms with van der Waals surface area (Å²) in [6.07, 6.45) is 0. The van der Waals surface area contributed by atoms with Crippen LogP contribution in [0.2, 0.25) is 0 Å². The van der Waals surface area contributed by atoms with Crippen molar-refractivity contribution in [2.75, 3.05) is 25.5 Å². The standard InChI is InChI=1S/C13H18N2O2/c1-9-8-17-7-6-15(9)13(16)11-4-3-5-12(14)10(11)2/h3-5,9H,6-8,14H2,1-2H3/t9-/m1/s1. The molecule has 4 nitrogen and oxygen atoms in total. The smallest absolute Gasteiger partial charge is 0.254 e. The lowest BCUT2D eigenvalue weighted by molar-refractivity contribution is 0.00356. The van der Waals surface area contributed by atoms with Crippen LogP contribution in [0.3, 0.4) is 0 Å². The molecule has 0 unspecified atom stereocenters. The van der Waals surface area contributed by atoms with Gasteiger partial charge < -0.3 is 15.4 Å². The van der Waals surface area contributed by atoms with Gasteiger partial charge >= 0.3 is 0 Å². The zero-order valence-electron chi connectivity index (χ0n) is 10.3. The van der Waals surface area contributed by atoms with Crippen molar-refractivity contribution in [1.82, 2.24) is 4.90 Å². The molecule has 0 saturated carbocycles. The van der Waals surface area contributed by atoms with Gasteiger partial charge in [-0.05, 0) is 31.5 Å². The molecule has 1 heterocycles. The van der Waals surface area contributed by atoms with Crippen LogP contribution in [0.5, 0.6) is 0 Å². The first-order valence-corrected chi connectivity index (χ1v) is 5.85. The van der Waals surface area contributed by atoms with E-state index >= 15 is 0 Å². The first-order chi connectivity index (χ1) is 8.11. The Morgan fingerprint density at radius 3 is 3.00 bits per heavy atom. The van der Waals surface area contributed by atoms with Gasteiger partial charge in [0, 0.05) is 17.8 Å². The minimum Gasteiger partial charge on any atom is -0.398 e. The fraction of sp³-hybridized carbons (Fsp3) is 0.462. The summed E-state index contributed by atoms with van der Waals surface area (Å²) in [7, 11) is 0. The number of hydrogen-bond acceptors (Lipinski definition) is 3. The lowest BCUT2D eigenvalue weighted by Crippen LogP contribution is -2.47. The van der Waals surface area contributed by atoms with Gasteiger partial charge in [-0.1, -0.05) is 6.07 Å². The van der Waals surface area contributed by atoms with Gasteiger partial charge in [0.05, 0.1) is 19.3 Å². The Labute approximate surface area is 101 Å². The normalized spacial score (nSPS) is 20.4. The summed E-state index contributed by atoms with van der Waals surface area (Å²) in [6, 6.07) is 5.59. The fourth-order valence-corrected chi connectivity index (χ4v) is 2.07. The molecule has 1 aromatic rings. The highest BCUT2D eigenvalue weighted by molar-refractivity contribution is 5.97. The van der Waals surface area contributed by atoms with Crippen LogP contribution >= 0.6 is 0 Å². The molecule has 0 spiro atoms. The van der Waals surface area contributed by atoms with E-state index in [-0.39, 0.29) is 11.9 Å². The number of ether oxygens (including phenoxy) is 1. The van der Waals surface area contributed by atoms with Crippen molar-refractivity contribution < 1.29 is 9.53 Å². The van der Waals surface area contributed by atoms with E-state index in [0.29, 0.717) is 31.0 Å². The van der Waals surface area contributed by atoms with Gasteiger partial charge in [-0.2, -0.15) is 0 Å². The molecule has 1 fully saturated rings. The Morgan fingerprint density at radius 2 is 2.29 bits per heavy atom. The molecular formula is C13H18N2O2. The second-order valence-electron chi connectivity index (χ2n) is 4.44. The first-order valence-electron chi connectivity index (χ1n) is 5.85. The number of carbonyl (C=O) groups excluding carboxylic acids is 1. The Morgan fingerprint density at radius 1 is 1.53 bits per heavy atom. The maximum absolute atomic E-state index is 12.4. The van der Waals surface area contributed by atoms with Crippen LogP contribution in [0.1, 0.15) is 22.8 Å². The van der Waals surface area contributed by atoms with Crippen LogP contribution in [-0.2, 0) is 4.74 Å². The Bertz CT molecular complexity index is 431. The fourth-order valence-electron chi connectivity index (χ4n) is 2.07. The zero-order chi connectivity index (χ0) is 12.4. The average Bonchev–Trinajstić information content (AvgIpc) is 2.32. The van der Waals surface area contributed by atoms with E-state index in [9.17, 15) is 4.79 Å². The summed E-state index contributed by atoms with van der Waals surface area (Å²) >= 11 is 0. The summed E-state index contributed by atoms with van der Waals surface area (Å²) in [6.45, 7) is 5.74.